The van der Waals surface area contributed by atoms with E-state index >= 15 is 0 Å². The lowest BCUT2D eigenvalue weighted by Gasteiger charge is -2.33. The molecule has 19 heavy (non-hydrogen) atoms. The van der Waals surface area contributed by atoms with E-state index in [1.54, 1.807) is 0 Å². The van der Waals surface area contributed by atoms with Gasteiger partial charge in [0.05, 0.1) is 5.69 Å². The van der Waals surface area contributed by atoms with Gasteiger partial charge in [-0.15, -0.1) is 0 Å². The number of piperidine rings is 1. The molecular weight excluding hydrogens is 236 g/mol. The van der Waals surface area contributed by atoms with Crippen molar-refractivity contribution in [3.8, 4) is 0 Å². The lowest BCUT2D eigenvalue weighted by atomic mass is 9.97. The molecule has 1 saturated heterocycles. The predicted molar refractivity (Wildman–Crippen MR) is 80.9 cm³/mol. The highest BCUT2D eigenvalue weighted by Gasteiger charge is 2.23. The van der Waals surface area contributed by atoms with Crippen LogP contribution in [-0.4, -0.2) is 36.2 Å². The summed E-state index contributed by atoms with van der Waals surface area (Å²) in [5.41, 5.74) is 1.21. The minimum absolute atomic E-state index is 0.484. The number of imidazole rings is 1. The molecule has 1 aromatic heterocycles. The van der Waals surface area contributed by atoms with Crippen LogP contribution in [0.1, 0.15) is 45.3 Å². The first-order valence-electron chi connectivity index (χ1n) is 7.63. The highest BCUT2D eigenvalue weighted by molar-refractivity contribution is 5.35. The summed E-state index contributed by atoms with van der Waals surface area (Å²) in [4.78, 5) is 7.28. The van der Waals surface area contributed by atoms with Gasteiger partial charge in [-0.25, -0.2) is 4.98 Å². The van der Waals surface area contributed by atoms with Crippen molar-refractivity contribution in [2.45, 2.75) is 46.1 Å². The topological polar surface area (TPSA) is 33.1 Å². The van der Waals surface area contributed by atoms with Crippen molar-refractivity contribution < 1.29 is 0 Å². The molecule has 2 heterocycles. The maximum atomic E-state index is 4.82. The van der Waals surface area contributed by atoms with Crippen LogP contribution in [0.15, 0.2) is 6.20 Å². The summed E-state index contributed by atoms with van der Waals surface area (Å²) < 4.78 is 2.33. The summed E-state index contributed by atoms with van der Waals surface area (Å²) in [5, 5.41) is 3.30. The Kier molecular flexibility index (Phi) is 4.86. The average molecular weight is 264 g/mol. The van der Waals surface area contributed by atoms with Crippen LogP contribution in [0.2, 0.25) is 0 Å². The molecule has 0 unspecified atom stereocenters. The van der Waals surface area contributed by atoms with Crippen LogP contribution in [-0.2, 0) is 6.42 Å². The van der Waals surface area contributed by atoms with Crippen LogP contribution in [0.3, 0.4) is 0 Å². The van der Waals surface area contributed by atoms with Crippen molar-refractivity contribution in [3.05, 3.63) is 11.9 Å². The smallest absolute Gasteiger partial charge is 0.205 e. The van der Waals surface area contributed by atoms with Gasteiger partial charge in [-0.05, 0) is 52.6 Å². The van der Waals surface area contributed by atoms with E-state index in [1.807, 2.05) is 7.05 Å². The van der Waals surface area contributed by atoms with E-state index in [1.165, 1.54) is 24.5 Å². The number of rotatable bonds is 5. The van der Waals surface area contributed by atoms with Gasteiger partial charge in [-0.3, -0.25) is 0 Å². The molecule has 0 aliphatic carbocycles. The lowest BCUT2D eigenvalue weighted by molar-refractivity contribution is 0.387. The van der Waals surface area contributed by atoms with E-state index in [9.17, 15) is 0 Å². The SMILES string of the molecule is CCc1cn(C(C)C)c(N2CCC(CNC)CC2)n1. The van der Waals surface area contributed by atoms with E-state index < -0.39 is 0 Å². The van der Waals surface area contributed by atoms with Gasteiger partial charge in [-0.2, -0.15) is 0 Å². The van der Waals surface area contributed by atoms with Crippen LogP contribution in [0.25, 0.3) is 0 Å². The van der Waals surface area contributed by atoms with Gasteiger partial charge in [0.1, 0.15) is 0 Å². The van der Waals surface area contributed by atoms with E-state index in [-0.39, 0.29) is 0 Å². The largest absolute Gasteiger partial charge is 0.342 e. The monoisotopic (exact) mass is 264 g/mol. The molecule has 1 fully saturated rings. The minimum atomic E-state index is 0.484. The van der Waals surface area contributed by atoms with Crippen molar-refractivity contribution in [2.75, 3.05) is 31.6 Å². The first-order chi connectivity index (χ1) is 9.15. The molecule has 2 rings (SSSR count). The van der Waals surface area contributed by atoms with E-state index in [2.05, 4.69) is 41.8 Å². The van der Waals surface area contributed by atoms with E-state index in [0.29, 0.717) is 6.04 Å². The zero-order valence-electron chi connectivity index (χ0n) is 12.8. The standard InChI is InChI=1S/C15H28N4/c1-5-14-11-19(12(2)3)15(17-14)18-8-6-13(7-9-18)10-16-4/h11-13,16H,5-10H2,1-4H3. The highest BCUT2D eigenvalue weighted by atomic mass is 15.3. The van der Waals surface area contributed by atoms with Crippen molar-refractivity contribution >= 4 is 5.95 Å². The molecule has 1 aliphatic heterocycles. The molecule has 0 aromatic carbocycles. The molecule has 4 nitrogen and oxygen atoms in total. The van der Waals surface area contributed by atoms with Gasteiger partial charge in [0.25, 0.3) is 0 Å². The fourth-order valence-electron chi connectivity index (χ4n) is 2.84. The van der Waals surface area contributed by atoms with E-state index in [0.717, 1.165) is 32.0 Å². The molecule has 0 bridgehead atoms. The second-order valence-corrected chi connectivity index (χ2v) is 5.87. The lowest BCUT2D eigenvalue weighted by Crippen LogP contribution is -2.38. The van der Waals surface area contributed by atoms with Crippen molar-refractivity contribution in [1.29, 1.82) is 0 Å². The van der Waals surface area contributed by atoms with Crippen molar-refractivity contribution in [1.82, 2.24) is 14.9 Å². The Bertz CT molecular complexity index is 389. The summed E-state index contributed by atoms with van der Waals surface area (Å²) in [7, 11) is 2.05. The third-order valence-electron chi connectivity index (χ3n) is 4.07. The maximum Gasteiger partial charge on any atom is 0.205 e. The van der Waals surface area contributed by atoms with Gasteiger partial charge < -0.3 is 14.8 Å². The molecule has 1 aromatic rings. The zero-order valence-corrected chi connectivity index (χ0v) is 12.8. The molecule has 0 amide bonds. The van der Waals surface area contributed by atoms with Crippen LogP contribution in [0.5, 0.6) is 0 Å². The third kappa shape index (κ3) is 3.30. The average Bonchev–Trinajstić information content (AvgIpc) is 2.84. The van der Waals surface area contributed by atoms with Gasteiger partial charge in [0.2, 0.25) is 5.95 Å². The minimum Gasteiger partial charge on any atom is -0.342 e. The molecule has 0 atom stereocenters. The summed E-state index contributed by atoms with van der Waals surface area (Å²) in [6, 6.07) is 0.484. The Morgan fingerprint density at radius 1 is 1.37 bits per heavy atom. The number of aromatic nitrogens is 2. The number of nitrogens with zero attached hydrogens (tertiary/aromatic N) is 3. The fourth-order valence-corrected chi connectivity index (χ4v) is 2.84. The summed E-state index contributed by atoms with van der Waals surface area (Å²) >= 11 is 0. The number of hydrogen-bond donors (Lipinski definition) is 1. The number of hydrogen-bond acceptors (Lipinski definition) is 3. The summed E-state index contributed by atoms with van der Waals surface area (Å²) in [5.74, 6) is 2.00. The van der Waals surface area contributed by atoms with Crippen LogP contribution < -0.4 is 10.2 Å². The van der Waals surface area contributed by atoms with Crippen molar-refractivity contribution in [3.63, 3.8) is 0 Å². The Balaban J connectivity index is 2.08. The Morgan fingerprint density at radius 2 is 2.05 bits per heavy atom. The third-order valence-corrected chi connectivity index (χ3v) is 4.07. The Morgan fingerprint density at radius 3 is 2.58 bits per heavy atom. The second-order valence-electron chi connectivity index (χ2n) is 5.87. The predicted octanol–water partition coefficient (Wildman–Crippen LogP) is 2.46. The quantitative estimate of drug-likeness (QED) is 0.887. The molecule has 108 valence electrons. The Labute approximate surface area is 117 Å². The van der Waals surface area contributed by atoms with Crippen LogP contribution >= 0.6 is 0 Å². The van der Waals surface area contributed by atoms with Gasteiger partial charge in [0.15, 0.2) is 0 Å². The summed E-state index contributed by atoms with van der Waals surface area (Å²) in [6.45, 7) is 10.1. The molecule has 1 aliphatic rings. The normalized spacial score (nSPS) is 17.4. The molecule has 4 heteroatoms. The second kappa shape index (κ2) is 6.42. The fraction of sp³-hybridized carbons (Fsp3) is 0.800. The zero-order chi connectivity index (χ0) is 13.8. The summed E-state index contributed by atoms with van der Waals surface area (Å²) in [6.07, 6.45) is 5.78. The van der Waals surface area contributed by atoms with E-state index in [4.69, 9.17) is 4.98 Å². The first kappa shape index (κ1) is 14.4. The molecule has 0 saturated carbocycles. The van der Waals surface area contributed by atoms with Crippen LogP contribution in [0, 0.1) is 5.92 Å². The number of aryl methyl sites for hydroxylation is 1. The Hall–Kier alpha value is -1.03. The highest BCUT2D eigenvalue weighted by Crippen LogP contribution is 2.25. The van der Waals surface area contributed by atoms with Gasteiger partial charge >= 0.3 is 0 Å². The molecule has 0 radical (unpaired) electrons. The molecule has 0 spiro atoms. The number of nitrogens with one attached hydrogen (secondary N) is 1. The van der Waals surface area contributed by atoms with Gasteiger partial charge in [0, 0.05) is 25.3 Å². The molecular formula is C15H28N4. The molecule has 1 N–H and O–H groups in total. The maximum absolute atomic E-state index is 4.82. The first-order valence-corrected chi connectivity index (χ1v) is 7.63. The van der Waals surface area contributed by atoms with Crippen LogP contribution in [0.4, 0.5) is 5.95 Å². The number of anilines is 1. The van der Waals surface area contributed by atoms with Gasteiger partial charge in [-0.1, -0.05) is 6.92 Å². The van der Waals surface area contributed by atoms with Crippen molar-refractivity contribution in [2.24, 2.45) is 5.92 Å².